The quantitative estimate of drug-likeness (QED) is 0.530. The molecule has 0 aliphatic heterocycles. The van der Waals surface area contributed by atoms with Gasteiger partial charge in [-0.3, -0.25) is 4.79 Å². The van der Waals surface area contributed by atoms with E-state index in [1.54, 1.807) is 13.2 Å². The molecule has 0 spiro atoms. The Kier molecular flexibility index (Phi) is 6.98. The summed E-state index contributed by atoms with van der Waals surface area (Å²) in [4.78, 5) is 12.1. The number of ether oxygens (including phenoxy) is 2. The van der Waals surface area contributed by atoms with Crippen molar-refractivity contribution in [2.24, 2.45) is 0 Å². The average molecular weight is 411 g/mol. The van der Waals surface area contributed by atoms with E-state index in [1.165, 1.54) is 0 Å². The lowest BCUT2D eigenvalue weighted by Gasteiger charge is -2.11. The van der Waals surface area contributed by atoms with E-state index in [0.717, 1.165) is 28.3 Å². The van der Waals surface area contributed by atoms with Gasteiger partial charge < -0.3 is 20.1 Å². The first-order valence-corrected chi connectivity index (χ1v) is 9.57. The number of rotatable bonds is 8. The minimum absolute atomic E-state index is 0.114. The maximum absolute atomic E-state index is 12.1. The SMILES string of the molecule is COc1ccc(NCc2ccc(OCC(=O)Nc3ccc(C)cc3)c(Cl)c2)cc1. The second kappa shape index (κ2) is 9.85. The molecule has 0 radical (unpaired) electrons. The van der Waals surface area contributed by atoms with Gasteiger partial charge in [-0.05, 0) is 61.0 Å². The highest BCUT2D eigenvalue weighted by Crippen LogP contribution is 2.26. The number of aryl methyl sites for hydroxylation is 1. The molecule has 5 nitrogen and oxygen atoms in total. The predicted molar refractivity (Wildman–Crippen MR) is 117 cm³/mol. The van der Waals surface area contributed by atoms with Crippen molar-refractivity contribution in [3.63, 3.8) is 0 Å². The fraction of sp³-hybridized carbons (Fsp3) is 0.174. The molecule has 0 unspecified atom stereocenters. The molecule has 1 amide bonds. The highest BCUT2D eigenvalue weighted by atomic mass is 35.5. The van der Waals surface area contributed by atoms with Crippen LogP contribution in [-0.2, 0) is 11.3 Å². The number of benzene rings is 3. The molecule has 2 N–H and O–H groups in total. The Morgan fingerprint density at radius 2 is 1.66 bits per heavy atom. The molecule has 3 aromatic carbocycles. The molecular weight excluding hydrogens is 388 g/mol. The van der Waals surface area contributed by atoms with Crippen molar-refractivity contribution >= 4 is 28.9 Å². The van der Waals surface area contributed by atoms with Crippen LogP contribution in [-0.4, -0.2) is 19.6 Å². The van der Waals surface area contributed by atoms with Crippen LogP contribution in [0.25, 0.3) is 0 Å². The Morgan fingerprint density at radius 3 is 2.31 bits per heavy atom. The number of carbonyl (C=O) groups is 1. The highest BCUT2D eigenvalue weighted by Gasteiger charge is 2.08. The molecule has 3 rings (SSSR count). The third-order valence-electron chi connectivity index (χ3n) is 4.28. The van der Waals surface area contributed by atoms with Crippen LogP contribution in [0.2, 0.25) is 5.02 Å². The van der Waals surface area contributed by atoms with Crippen LogP contribution in [0.5, 0.6) is 11.5 Å². The number of hydrogen-bond acceptors (Lipinski definition) is 4. The third kappa shape index (κ3) is 6.16. The molecular formula is C23H23ClN2O3. The first-order valence-electron chi connectivity index (χ1n) is 9.19. The second-order valence-electron chi connectivity index (χ2n) is 6.55. The van der Waals surface area contributed by atoms with Crippen molar-refractivity contribution < 1.29 is 14.3 Å². The highest BCUT2D eigenvalue weighted by molar-refractivity contribution is 6.32. The molecule has 0 aliphatic rings. The number of amides is 1. The van der Waals surface area contributed by atoms with Crippen LogP contribution in [0, 0.1) is 6.92 Å². The molecule has 0 fully saturated rings. The molecule has 0 bridgehead atoms. The summed E-state index contributed by atoms with van der Waals surface area (Å²) in [5.74, 6) is 1.04. The van der Waals surface area contributed by atoms with Crippen LogP contribution in [0.15, 0.2) is 66.7 Å². The number of hydrogen-bond donors (Lipinski definition) is 2. The Bertz CT molecular complexity index is 957. The van der Waals surface area contributed by atoms with Crippen LogP contribution < -0.4 is 20.1 Å². The van der Waals surface area contributed by atoms with Crippen molar-refractivity contribution in [3.8, 4) is 11.5 Å². The first kappa shape index (κ1) is 20.6. The summed E-state index contributed by atoms with van der Waals surface area (Å²) in [5, 5.41) is 6.57. The van der Waals surface area contributed by atoms with E-state index in [0.29, 0.717) is 17.3 Å². The summed E-state index contributed by atoms with van der Waals surface area (Å²) in [6.07, 6.45) is 0. The van der Waals surface area contributed by atoms with E-state index in [1.807, 2.05) is 67.6 Å². The summed E-state index contributed by atoms with van der Waals surface area (Å²) >= 11 is 6.31. The minimum atomic E-state index is -0.241. The summed E-state index contributed by atoms with van der Waals surface area (Å²) in [6.45, 7) is 2.49. The predicted octanol–water partition coefficient (Wildman–Crippen LogP) is 5.29. The second-order valence-corrected chi connectivity index (χ2v) is 6.96. The van der Waals surface area contributed by atoms with Crippen LogP contribution in [0.1, 0.15) is 11.1 Å². The van der Waals surface area contributed by atoms with Gasteiger partial charge in [0.05, 0.1) is 12.1 Å². The summed E-state index contributed by atoms with van der Waals surface area (Å²) in [5.41, 5.74) is 3.85. The van der Waals surface area contributed by atoms with Gasteiger partial charge in [0.15, 0.2) is 6.61 Å². The van der Waals surface area contributed by atoms with E-state index in [2.05, 4.69) is 10.6 Å². The Morgan fingerprint density at radius 1 is 0.966 bits per heavy atom. The normalized spacial score (nSPS) is 10.3. The average Bonchev–Trinajstić information content (AvgIpc) is 2.73. The topological polar surface area (TPSA) is 59.6 Å². The molecule has 0 saturated heterocycles. The van der Waals surface area contributed by atoms with Crippen molar-refractivity contribution in [2.45, 2.75) is 13.5 Å². The van der Waals surface area contributed by atoms with Gasteiger partial charge in [-0.2, -0.15) is 0 Å². The van der Waals surface area contributed by atoms with Gasteiger partial charge in [-0.15, -0.1) is 0 Å². The van der Waals surface area contributed by atoms with Gasteiger partial charge in [0, 0.05) is 17.9 Å². The van der Waals surface area contributed by atoms with Crippen molar-refractivity contribution in [3.05, 3.63) is 82.9 Å². The third-order valence-corrected chi connectivity index (χ3v) is 4.57. The van der Waals surface area contributed by atoms with E-state index >= 15 is 0 Å². The monoisotopic (exact) mass is 410 g/mol. The molecule has 0 aromatic heterocycles. The van der Waals surface area contributed by atoms with E-state index in [-0.39, 0.29) is 12.5 Å². The fourth-order valence-electron chi connectivity index (χ4n) is 2.66. The summed E-state index contributed by atoms with van der Waals surface area (Å²) in [6, 6.07) is 20.8. The largest absolute Gasteiger partial charge is 0.497 e. The van der Waals surface area contributed by atoms with Gasteiger partial charge in [0.1, 0.15) is 11.5 Å². The van der Waals surface area contributed by atoms with E-state index < -0.39 is 0 Å². The lowest BCUT2D eigenvalue weighted by molar-refractivity contribution is -0.118. The fourth-order valence-corrected chi connectivity index (χ4v) is 2.92. The smallest absolute Gasteiger partial charge is 0.262 e. The molecule has 0 saturated carbocycles. The number of nitrogens with one attached hydrogen (secondary N) is 2. The summed E-state index contributed by atoms with van der Waals surface area (Å²) < 4.78 is 10.7. The Hall–Kier alpha value is -3.18. The van der Waals surface area contributed by atoms with E-state index in [4.69, 9.17) is 21.1 Å². The molecule has 6 heteroatoms. The number of anilines is 2. The first-order chi connectivity index (χ1) is 14.0. The molecule has 0 aliphatic carbocycles. The maximum Gasteiger partial charge on any atom is 0.262 e. The Labute approximate surface area is 175 Å². The van der Waals surface area contributed by atoms with Crippen molar-refractivity contribution in [1.82, 2.24) is 0 Å². The zero-order valence-corrected chi connectivity index (χ0v) is 17.1. The lowest BCUT2D eigenvalue weighted by Crippen LogP contribution is -2.20. The van der Waals surface area contributed by atoms with Gasteiger partial charge in [-0.25, -0.2) is 0 Å². The van der Waals surface area contributed by atoms with Crippen LogP contribution in [0.3, 0.4) is 0 Å². The number of methoxy groups -OCH3 is 1. The molecule has 29 heavy (non-hydrogen) atoms. The molecule has 150 valence electrons. The van der Waals surface area contributed by atoms with Gasteiger partial charge in [0.25, 0.3) is 5.91 Å². The number of carbonyl (C=O) groups excluding carboxylic acids is 1. The molecule has 3 aromatic rings. The van der Waals surface area contributed by atoms with E-state index in [9.17, 15) is 4.79 Å². The maximum atomic E-state index is 12.1. The standard InChI is InChI=1S/C23H23ClN2O3/c1-16-3-6-19(7-4-16)26-23(27)15-29-22-12-5-17(13-21(22)24)14-25-18-8-10-20(28-2)11-9-18/h3-13,25H,14-15H2,1-2H3,(H,26,27). The lowest BCUT2D eigenvalue weighted by atomic mass is 10.2. The van der Waals surface area contributed by atoms with Crippen molar-refractivity contribution in [1.29, 1.82) is 0 Å². The minimum Gasteiger partial charge on any atom is -0.497 e. The number of halogens is 1. The van der Waals surface area contributed by atoms with Crippen LogP contribution in [0.4, 0.5) is 11.4 Å². The zero-order chi connectivity index (χ0) is 20.6. The van der Waals surface area contributed by atoms with Gasteiger partial charge in [0.2, 0.25) is 0 Å². The van der Waals surface area contributed by atoms with Gasteiger partial charge >= 0.3 is 0 Å². The van der Waals surface area contributed by atoms with Gasteiger partial charge in [-0.1, -0.05) is 35.4 Å². The Balaban J connectivity index is 1.50. The summed E-state index contributed by atoms with van der Waals surface area (Å²) in [7, 11) is 1.64. The zero-order valence-electron chi connectivity index (χ0n) is 16.4. The molecule has 0 heterocycles. The van der Waals surface area contributed by atoms with Crippen LogP contribution >= 0.6 is 11.6 Å². The molecule has 0 atom stereocenters. The van der Waals surface area contributed by atoms with Crippen molar-refractivity contribution in [2.75, 3.05) is 24.4 Å².